The van der Waals surface area contributed by atoms with Crippen molar-refractivity contribution in [2.24, 2.45) is 0 Å². The maximum Gasteiger partial charge on any atom is 0.472 e. The number of aliphatic hydroxyl groups excluding tert-OH is 5. The number of phosphoric acid groups is 1. The predicted octanol–water partition coefficient (Wildman–Crippen LogP) is 7.91. The fourth-order valence-corrected chi connectivity index (χ4v) is 5.70. The Morgan fingerprint density at radius 3 is 1.82 bits per heavy atom. The minimum absolute atomic E-state index is 0.0747. The van der Waals surface area contributed by atoms with E-state index in [0.717, 1.165) is 57.8 Å². The number of carbonyl (C=O) groups is 2. The molecule has 0 aliphatic carbocycles. The van der Waals surface area contributed by atoms with Gasteiger partial charge in [-0.25, -0.2) is 4.57 Å². The van der Waals surface area contributed by atoms with Crippen LogP contribution >= 0.6 is 7.82 Å². The number of esters is 2. The summed E-state index contributed by atoms with van der Waals surface area (Å²) in [5, 5.41) is 48.7. The lowest BCUT2D eigenvalue weighted by Gasteiger charge is -2.20. The van der Waals surface area contributed by atoms with Crippen molar-refractivity contribution >= 4 is 19.8 Å². The monoisotopic (exact) mass is 864 g/mol. The Morgan fingerprint density at radius 2 is 1.17 bits per heavy atom. The topological polar surface area (TPSA) is 210 Å². The van der Waals surface area contributed by atoms with E-state index in [-0.39, 0.29) is 25.7 Å². The minimum atomic E-state index is -4.72. The number of carbonyl (C=O) groups excluding carboxylic acids is 2. The molecule has 0 aliphatic rings. The van der Waals surface area contributed by atoms with Gasteiger partial charge < -0.3 is 39.9 Å². The molecule has 6 N–H and O–H groups in total. The number of rotatable bonds is 37. The van der Waals surface area contributed by atoms with Gasteiger partial charge in [-0.05, 0) is 70.6 Å². The number of phosphoric ester groups is 1. The lowest BCUT2D eigenvalue weighted by atomic mass is 10.1. The van der Waals surface area contributed by atoms with Crippen LogP contribution in [0.4, 0.5) is 0 Å². The van der Waals surface area contributed by atoms with E-state index >= 15 is 0 Å². The lowest BCUT2D eigenvalue weighted by molar-refractivity contribution is -0.161. The summed E-state index contributed by atoms with van der Waals surface area (Å²) in [6, 6.07) is 0. The Labute approximate surface area is 358 Å². The molecular formula is C46H73O13P. The summed E-state index contributed by atoms with van der Waals surface area (Å²) >= 11 is 0. The van der Waals surface area contributed by atoms with Crippen LogP contribution in [0, 0.1) is 0 Å². The van der Waals surface area contributed by atoms with Gasteiger partial charge in [-0.15, -0.1) is 0 Å². The van der Waals surface area contributed by atoms with E-state index in [1.807, 2.05) is 19.1 Å². The van der Waals surface area contributed by atoms with Gasteiger partial charge >= 0.3 is 19.8 Å². The third kappa shape index (κ3) is 37.5. The fourth-order valence-electron chi connectivity index (χ4n) is 4.91. The third-order valence-electron chi connectivity index (χ3n) is 8.27. The third-order valence-corrected chi connectivity index (χ3v) is 9.22. The van der Waals surface area contributed by atoms with Gasteiger partial charge in [0.25, 0.3) is 0 Å². The molecule has 0 aromatic rings. The van der Waals surface area contributed by atoms with E-state index in [0.29, 0.717) is 12.8 Å². The van der Waals surface area contributed by atoms with Crippen LogP contribution in [0.3, 0.4) is 0 Å². The second kappa shape index (κ2) is 39.6. The average molecular weight is 865 g/mol. The molecule has 0 spiro atoms. The molecule has 6 atom stereocenters. The molecule has 13 nitrogen and oxygen atoms in total. The summed E-state index contributed by atoms with van der Waals surface area (Å²) in [5.41, 5.74) is 0. The first-order chi connectivity index (χ1) is 28.9. The molecule has 0 radical (unpaired) electrons. The van der Waals surface area contributed by atoms with Gasteiger partial charge in [-0.2, -0.15) is 0 Å². The van der Waals surface area contributed by atoms with Gasteiger partial charge in [-0.3, -0.25) is 18.6 Å². The lowest BCUT2D eigenvalue weighted by Crippen LogP contribution is -2.30. The first kappa shape index (κ1) is 56.5. The van der Waals surface area contributed by atoms with Crippen molar-refractivity contribution in [3.8, 4) is 0 Å². The minimum Gasteiger partial charge on any atom is -0.462 e. The van der Waals surface area contributed by atoms with Crippen molar-refractivity contribution in [1.82, 2.24) is 0 Å². The average Bonchev–Trinajstić information content (AvgIpc) is 3.22. The molecule has 0 bridgehead atoms. The molecule has 0 heterocycles. The van der Waals surface area contributed by atoms with E-state index < -0.39 is 76.7 Å². The van der Waals surface area contributed by atoms with Crippen molar-refractivity contribution in [1.29, 1.82) is 0 Å². The van der Waals surface area contributed by atoms with E-state index in [2.05, 4.69) is 60.1 Å². The van der Waals surface area contributed by atoms with Crippen LogP contribution in [-0.4, -0.2) is 99.3 Å². The maximum atomic E-state index is 12.6. The summed E-state index contributed by atoms with van der Waals surface area (Å²) in [6.45, 7) is 1.62. The van der Waals surface area contributed by atoms with Crippen LogP contribution < -0.4 is 0 Å². The molecule has 0 fully saturated rings. The standard InChI is InChI=1S/C46H73O13P/c1-3-5-7-8-9-10-11-12-13-14-15-16-17-18-19-24-28-34-46(53)59-42(39-58-60(54,55)57-37-41(49)36-47)38-56-45(52)35-29-33-44(51)43(50)32-27-23-21-20-22-26-31-40(48)30-25-6-4-2/h5-7,9-10,12-13,15-16,20-23,25-27,31-32,40-44,47-51H,3-4,8,11,14,17-19,24,28-30,33-39H2,1-2H3,(H,54,55)/b7-5-,10-9-,13-12-,16-15-,22-20+,23-21-,25-6-,31-26+,32-27-/t40-,41+,42-,43+,44+/m1/s1. The molecule has 0 rings (SSSR count). The van der Waals surface area contributed by atoms with Gasteiger partial charge in [0.05, 0.1) is 38.1 Å². The highest BCUT2D eigenvalue weighted by molar-refractivity contribution is 7.47. The zero-order valence-electron chi connectivity index (χ0n) is 35.7. The van der Waals surface area contributed by atoms with Gasteiger partial charge in [0.1, 0.15) is 12.7 Å². The van der Waals surface area contributed by atoms with Crippen LogP contribution in [-0.2, 0) is 32.7 Å². The molecule has 0 saturated carbocycles. The van der Waals surface area contributed by atoms with Gasteiger partial charge in [0.2, 0.25) is 0 Å². The predicted molar refractivity (Wildman–Crippen MR) is 237 cm³/mol. The van der Waals surface area contributed by atoms with Crippen LogP contribution in [0.2, 0.25) is 0 Å². The first-order valence-electron chi connectivity index (χ1n) is 21.2. The van der Waals surface area contributed by atoms with Crippen molar-refractivity contribution in [2.75, 3.05) is 26.4 Å². The molecule has 0 aliphatic heterocycles. The molecular weight excluding hydrogens is 791 g/mol. The van der Waals surface area contributed by atoms with Crippen LogP contribution in [0.25, 0.3) is 0 Å². The summed E-state index contributed by atoms with van der Waals surface area (Å²) in [6.07, 6.45) is 38.6. The molecule has 60 heavy (non-hydrogen) atoms. The normalized spacial score (nSPS) is 16.5. The first-order valence-corrected chi connectivity index (χ1v) is 22.7. The highest BCUT2D eigenvalue weighted by Crippen LogP contribution is 2.43. The van der Waals surface area contributed by atoms with Gasteiger partial charge in [-0.1, -0.05) is 136 Å². The molecule has 0 aromatic heterocycles. The SMILES string of the molecule is CC/C=C\C/C=C\C/C=C\C/C=C\CCCCCCC(=O)O[C@H](COC(=O)CCC[C@H](O)[C@@H](O)\C=C/C=C\C=C\C=C\[C@H](O)C/C=C\CC)COP(=O)(O)OC[C@@H](O)CO. The van der Waals surface area contributed by atoms with Crippen LogP contribution in [0.15, 0.2) is 109 Å². The number of ether oxygens (including phenoxy) is 2. The molecule has 0 saturated heterocycles. The van der Waals surface area contributed by atoms with Crippen LogP contribution in [0.1, 0.15) is 110 Å². The number of allylic oxidation sites excluding steroid dienone is 15. The van der Waals surface area contributed by atoms with E-state index in [9.17, 15) is 39.5 Å². The molecule has 14 heteroatoms. The largest absolute Gasteiger partial charge is 0.472 e. The molecule has 0 amide bonds. The van der Waals surface area contributed by atoms with Crippen molar-refractivity contribution in [3.05, 3.63) is 109 Å². The number of hydrogen-bond donors (Lipinski definition) is 6. The maximum absolute atomic E-state index is 12.6. The second-order valence-electron chi connectivity index (χ2n) is 13.8. The number of aliphatic hydroxyl groups is 5. The Morgan fingerprint density at radius 1 is 0.617 bits per heavy atom. The highest BCUT2D eigenvalue weighted by Gasteiger charge is 2.27. The van der Waals surface area contributed by atoms with E-state index in [4.69, 9.17) is 19.1 Å². The van der Waals surface area contributed by atoms with E-state index in [1.54, 1.807) is 42.5 Å². The summed E-state index contributed by atoms with van der Waals surface area (Å²) in [5.74, 6) is -1.30. The number of hydrogen-bond acceptors (Lipinski definition) is 12. The molecule has 340 valence electrons. The Bertz CT molecular complexity index is 1410. The van der Waals surface area contributed by atoms with Gasteiger partial charge in [0.15, 0.2) is 6.10 Å². The molecule has 0 aromatic carbocycles. The Hall–Kier alpha value is -3.49. The molecule has 1 unspecified atom stereocenters. The Balaban J connectivity index is 4.70. The fraction of sp³-hybridized carbons (Fsp3) is 0.565. The van der Waals surface area contributed by atoms with Crippen LogP contribution in [0.5, 0.6) is 0 Å². The highest BCUT2D eigenvalue weighted by atomic mass is 31.2. The second-order valence-corrected chi connectivity index (χ2v) is 15.3. The smallest absolute Gasteiger partial charge is 0.462 e. The van der Waals surface area contributed by atoms with Crippen molar-refractivity contribution in [2.45, 2.75) is 141 Å². The van der Waals surface area contributed by atoms with Gasteiger partial charge in [0, 0.05) is 12.8 Å². The summed E-state index contributed by atoms with van der Waals surface area (Å²) in [7, 11) is -4.72. The van der Waals surface area contributed by atoms with Crippen molar-refractivity contribution in [3.63, 3.8) is 0 Å². The Kier molecular flexibility index (Phi) is 37.3. The number of unbranched alkanes of at least 4 members (excludes halogenated alkanes) is 4. The zero-order chi connectivity index (χ0) is 44.5. The quantitative estimate of drug-likeness (QED) is 0.0116. The summed E-state index contributed by atoms with van der Waals surface area (Å²) < 4.78 is 32.4. The van der Waals surface area contributed by atoms with E-state index in [1.165, 1.54) is 6.08 Å². The zero-order valence-corrected chi connectivity index (χ0v) is 36.6. The van der Waals surface area contributed by atoms with Crippen molar-refractivity contribution < 1.29 is 63.1 Å². The summed E-state index contributed by atoms with van der Waals surface area (Å²) in [4.78, 5) is 35.0.